The van der Waals surface area contributed by atoms with Gasteiger partial charge in [-0.05, 0) is 79.8 Å². The second kappa shape index (κ2) is 11.9. The number of hydrogen-bond acceptors (Lipinski definition) is 3. The molecule has 0 aliphatic heterocycles. The summed E-state index contributed by atoms with van der Waals surface area (Å²) in [6.07, 6.45) is -1.89. The van der Waals surface area contributed by atoms with E-state index in [0.29, 0.717) is 18.4 Å². The largest absolute Gasteiger partial charge is 0.573 e. The van der Waals surface area contributed by atoms with E-state index in [1.54, 1.807) is 0 Å². The van der Waals surface area contributed by atoms with Crippen LogP contribution in [0, 0.1) is 25.7 Å². The molecule has 0 radical (unpaired) electrons. The van der Waals surface area contributed by atoms with E-state index >= 15 is 0 Å². The SMILES string of the molecule is CCCC(CO)(Cc1c[nH]c2ccccc12)NC(=O)c1cc(C#Cc2cc(C)cc(C)c2)ccc1OC(F)(F)F. The predicted molar refractivity (Wildman–Crippen MR) is 149 cm³/mol. The minimum absolute atomic E-state index is 0.273. The summed E-state index contributed by atoms with van der Waals surface area (Å²) in [5, 5.41) is 14.3. The van der Waals surface area contributed by atoms with Gasteiger partial charge in [-0.1, -0.05) is 49.5 Å². The number of aliphatic hydroxyl groups excluding tert-OH is 1. The Labute approximate surface area is 231 Å². The molecule has 1 unspecified atom stereocenters. The van der Waals surface area contributed by atoms with Gasteiger partial charge in [-0.15, -0.1) is 13.2 Å². The van der Waals surface area contributed by atoms with Crippen molar-refractivity contribution in [2.24, 2.45) is 0 Å². The number of halogens is 3. The summed E-state index contributed by atoms with van der Waals surface area (Å²) < 4.78 is 43.9. The molecule has 0 fully saturated rings. The number of aryl methyl sites for hydroxylation is 2. The average molecular weight is 549 g/mol. The summed E-state index contributed by atoms with van der Waals surface area (Å²) >= 11 is 0. The van der Waals surface area contributed by atoms with Crippen molar-refractivity contribution in [1.82, 2.24) is 10.3 Å². The Morgan fingerprint density at radius 1 is 1.00 bits per heavy atom. The van der Waals surface area contributed by atoms with Gasteiger partial charge in [0.05, 0.1) is 17.7 Å². The van der Waals surface area contributed by atoms with Crippen LogP contribution >= 0.6 is 0 Å². The molecule has 0 bridgehead atoms. The maximum absolute atomic E-state index is 13.6. The molecule has 4 rings (SSSR count). The second-order valence-corrected chi connectivity index (χ2v) is 10.1. The van der Waals surface area contributed by atoms with E-state index in [9.17, 15) is 23.1 Å². The number of aromatic amines is 1. The van der Waals surface area contributed by atoms with Crippen molar-refractivity contribution in [3.8, 4) is 17.6 Å². The molecule has 5 nitrogen and oxygen atoms in total. The van der Waals surface area contributed by atoms with E-state index in [1.165, 1.54) is 12.1 Å². The third-order valence-corrected chi connectivity index (χ3v) is 6.64. The van der Waals surface area contributed by atoms with E-state index in [0.717, 1.165) is 39.2 Å². The predicted octanol–water partition coefficient (Wildman–Crippen LogP) is 6.59. The van der Waals surface area contributed by atoms with Gasteiger partial charge in [-0.2, -0.15) is 0 Å². The lowest BCUT2D eigenvalue weighted by atomic mass is 9.86. The number of carbonyl (C=O) groups is 1. The molecular weight excluding hydrogens is 517 g/mol. The number of ether oxygens (including phenoxy) is 1. The van der Waals surface area contributed by atoms with Crippen LogP contribution in [0.1, 0.15) is 57.9 Å². The summed E-state index contributed by atoms with van der Waals surface area (Å²) in [7, 11) is 0. The van der Waals surface area contributed by atoms with Gasteiger partial charge in [0.15, 0.2) is 0 Å². The lowest BCUT2D eigenvalue weighted by Gasteiger charge is -2.33. The van der Waals surface area contributed by atoms with Crippen molar-refractivity contribution in [1.29, 1.82) is 0 Å². The highest BCUT2D eigenvalue weighted by atomic mass is 19.4. The molecule has 1 heterocycles. The Balaban J connectivity index is 1.70. The van der Waals surface area contributed by atoms with Crippen molar-refractivity contribution in [2.75, 3.05) is 6.61 Å². The highest BCUT2D eigenvalue weighted by Crippen LogP contribution is 2.30. The lowest BCUT2D eigenvalue weighted by Crippen LogP contribution is -2.53. The van der Waals surface area contributed by atoms with Crippen LogP contribution in [-0.2, 0) is 6.42 Å². The zero-order chi connectivity index (χ0) is 28.9. The number of carbonyl (C=O) groups excluding carboxylic acids is 1. The standard InChI is InChI=1S/C32H31F3N2O3/c1-4-13-31(20-38,18-25-19-36-28-8-6-5-7-26(25)28)37-30(39)27-17-23(11-12-29(27)40-32(33,34)35)9-10-24-15-21(2)14-22(3)16-24/h5-8,11-12,14-17,19,36,38H,4,13,18,20H2,1-3H3,(H,37,39). The number of fused-ring (bicyclic) bond motifs is 1. The van der Waals surface area contributed by atoms with Gasteiger partial charge in [0, 0.05) is 28.2 Å². The first-order valence-electron chi connectivity index (χ1n) is 13.0. The topological polar surface area (TPSA) is 74.4 Å². The first-order chi connectivity index (χ1) is 19.0. The van der Waals surface area contributed by atoms with E-state index < -0.39 is 30.2 Å². The highest BCUT2D eigenvalue weighted by molar-refractivity contribution is 5.98. The number of para-hydroxylation sites is 1. The van der Waals surface area contributed by atoms with Crippen LogP contribution in [0.5, 0.6) is 5.75 Å². The molecule has 3 N–H and O–H groups in total. The van der Waals surface area contributed by atoms with E-state index in [2.05, 4.69) is 26.9 Å². The summed E-state index contributed by atoms with van der Waals surface area (Å²) in [5.74, 6) is 4.52. The van der Waals surface area contributed by atoms with Crippen molar-refractivity contribution >= 4 is 16.8 Å². The molecule has 208 valence electrons. The summed E-state index contributed by atoms with van der Waals surface area (Å²) in [5.41, 5.74) is 3.50. The highest BCUT2D eigenvalue weighted by Gasteiger charge is 2.36. The van der Waals surface area contributed by atoms with Gasteiger partial charge in [0.25, 0.3) is 5.91 Å². The average Bonchev–Trinajstić information content (AvgIpc) is 3.29. The molecule has 8 heteroatoms. The lowest BCUT2D eigenvalue weighted by molar-refractivity contribution is -0.274. The number of benzene rings is 3. The van der Waals surface area contributed by atoms with Crippen molar-refractivity contribution in [3.05, 3.63) is 100 Å². The van der Waals surface area contributed by atoms with Crippen LogP contribution in [0.4, 0.5) is 13.2 Å². The number of hydrogen-bond donors (Lipinski definition) is 3. The van der Waals surface area contributed by atoms with Crippen LogP contribution in [0.3, 0.4) is 0 Å². The quantitative estimate of drug-likeness (QED) is 0.218. The molecule has 1 amide bonds. The normalized spacial score (nSPS) is 12.9. The number of aliphatic hydroxyl groups is 1. The van der Waals surface area contributed by atoms with Gasteiger partial charge in [-0.25, -0.2) is 0 Å². The molecule has 1 aromatic heterocycles. The number of aromatic nitrogens is 1. The number of nitrogens with one attached hydrogen (secondary N) is 2. The number of rotatable bonds is 8. The Bertz CT molecular complexity index is 1560. The zero-order valence-corrected chi connectivity index (χ0v) is 22.6. The molecule has 40 heavy (non-hydrogen) atoms. The van der Waals surface area contributed by atoms with E-state index in [-0.39, 0.29) is 12.0 Å². The van der Waals surface area contributed by atoms with Crippen LogP contribution in [0.2, 0.25) is 0 Å². The Morgan fingerprint density at radius 2 is 1.70 bits per heavy atom. The van der Waals surface area contributed by atoms with Crippen molar-refractivity contribution in [2.45, 2.75) is 51.9 Å². The summed E-state index contributed by atoms with van der Waals surface area (Å²) in [6.45, 7) is 5.40. The minimum atomic E-state index is -5.00. The van der Waals surface area contributed by atoms with Crippen LogP contribution < -0.4 is 10.1 Å². The monoisotopic (exact) mass is 548 g/mol. The molecule has 0 aliphatic rings. The Hall–Kier alpha value is -4.22. The molecular formula is C32H31F3N2O3. The fourth-order valence-electron chi connectivity index (χ4n) is 4.99. The first kappa shape index (κ1) is 28.8. The first-order valence-corrected chi connectivity index (χ1v) is 13.0. The van der Waals surface area contributed by atoms with Crippen molar-refractivity contribution in [3.63, 3.8) is 0 Å². The molecule has 0 saturated heterocycles. The molecule has 1 atom stereocenters. The smallest absolute Gasteiger partial charge is 0.405 e. The minimum Gasteiger partial charge on any atom is -0.405 e. The zero-order valence-electron chi connectivity index (χ0n) is 22.6. The van der Waals surface area contributed by atoms with Gasteiger partial charge in [0.2, 0.25) is 0 Å². The van der Waals surface area contributed by atoms with E-state index in [1.807, 2.05) is 69.4 Å². The molecule has 3 aromatic carbocycles. The third kappa shape index (κ3) is 7.04. The van der Waals surface area contributed by atoms with Gasteiger partial charge >= 0.3 is 6.36 Å². The number of alkyl halides is 3. The van der Waals surface area contributed by atoms with Gasteiger partial charge in [0.1, 0.15) is 5.75 Å². The Kier molecular flexibility index (Phi) is 8.55. The Morgan fingerprint density at radius 3 is 2.38 bits per heavy atom. The second-order valence-electron chi connectivity index (χ2n) is 10.1. The number of H-pyrrole nitrogens is 1. The molecule has 0 aliphatic carbocycles. The van der Waals surface area contributed by atoms with Crippen molar-refractivity contribution < 1.29 is 27.8 Å². The van der Waals surface area contributed by atoms with Gasteiger partial charge < -0.3 is 20.1 Å². The summed E-state index contributed by atoms with van der Waals surface area (Å²) in [6, 6.07) is 17.2. The fourth-order valence-corrected chi connectivity index (χ4v) is 4.99. The van der Waals surface area contributed by atoms with Gasteiger partial charge in [-0.3, -0.25) is 4.79 Å². The van der Waals surface area contributed by atoms with E-state index in [4.69, 9.17) is 0 Å². The third-order valence-electron chi connectivity index (χ3n) is 6.64. The van der Waals surface area contributed by atoms with Crippen LogP contribution in [0.25, 0.3) is 10.9 Å². The molecule has 0 saturated carbocycles. The molecule has 0 spiro atoms. The molecule has 4 aromatic rings. The maximum atomic E-state index is 13.6. The fraction of sp³-hybridized carbons (Fsp3) is 0.281. The maximum Gasteiger partial charge on any atom is 0.573 e. The summed E-state index contributed by atoms with van der Waals surface area (Å²) in [4.78, 5) is 16.8. The van der Waals surface area contributed by atoms with Crippen LogP contribution in [0.15, 0.2) is 66.9 Å². The number of amides is 1. The van der Waals surface area contributed by atoms with Crippen LogP contribution in [-0.4, -0.2) is 34.5 Å².